The third-order valence-electron chi connectivity index (χ3n) is 5.30. The van der Waals surface area contributed by atoms with E-state index in [1.165, 1.54) is 26.4 Å². The van der Waals surface area contributed by atoms with Crippen molar-refractivity contribution in [3.05, 3.63) is 58.5 Å². The fraction of sp³-hybridized carbons (Fsp3) is 0.250. The molecule has 0 unspecified atom stereocenters. The Hall–Kier alpha value is -3.99. The zero-order valence-corrected chi connectivity index (χ0v) is 20.3. The van der Waals surface area contributed by atoms with E-state index in [0.717, 1.165) is 18.6 Å². The monoisotopic (exact) mass is 502 g/mol. The van der Waals surface area contributed by atoms with Crippen LogP contribution in [0, 0.1) is 0 Å². The number of pyridine rings is 1. The quantitative estimate of drug-likeness (QED) is 0.402. The molecule has 1 amide bonds. The highest BCUT2D eigenvalue weighted by Gasteiger charge is 2.31. The van der Waals surface area contributed by atoms with Crippen LogP contribution >= 0.6 is 0 Å². The lowest BCUT2D eigenvalue weighted by Crippen LogP contribution is -2.21. The number of hydrogen-bond donors (Lipinski definition) is 3. The van der Waals surface area contributed by atoms with E-state index in [1.807, 2.05) is 6.92 Å². The molecule has 10 nitrogen and oxygen atoms in total. The SMILES string of the molecule is CCCCc1[nH]c(=O)c(S(=O)(=O)c2ccc(OC(N)=O)cc2)c(O)c1-c1c(OC)cccc1OC. The predicted octanol–water partition coefficient (Wildman–Crippen LogP) is 3.40. The van der Waals surface area contributed by atoms with Crippen LogP contribution in [0.3, 0.4) is 0 Å². The van der Waals surface area contributed by atoms with Gasteiger partial charge in [-0.25, -0.2) is 13.2 Å². The van der Waals surface area contributed by atoms with Crippen molar-refractivity contribution in [3.8, 4) is 34.1 Å². The molecular formula is C24H26N2O8S. The van der Waals surface area contributed by atoms with Crippen molar-refractivity contribution in [1.29, 1.82) is 0 Å². The summed E-state index contributed by atoms with van der Waals surface area (Å²) in [5.74, 6) is -0.0643. The van der Waals surface area contributed by atoms with Crippen molar-refractivity contribution in [1.82, 2.24) is 4.98 Å². The summed E-state index contributed by atoms with van der Waals surface area (Å²) < 4.78 is 42.5. The third kappa shape index (κ3) is 5.09. The number of nitrogens with two attached hydrogens (primary N) is 1. The zero-order chi connectivity index (χ0) is 25.8. The number of aromatic nitrogens is 1. The summed E-state index contributed by atoms with van der Waals surface area (Å²) in [5.41, 5.74) is 4.75. The molecule has 11 heteroatoms. The molecule has 0 radical (unpaired) electrons. The van der Waals surface area contributed by atoms with E-state index in [9.17, 15) is 23.1 Å². The van der Waals surface area contributed by atoms with Gasteiger partial charge in [-0.1, -0.05) is 19.4 Å². The van der Waals surface area contributed by atoms with Crippen molar-refractivity contribution in [2.45, 2.75) is 36.0 Å². The molecule has 0 spiro atoms. The van der Waals surface area contributed by atoms with Gasteiger partial charge in [-0.05, 0) is 49.2 Å². The fourth-order valence-corrected chi connectivity index (χ4v) is 5.08. The number of rotatable bonds is 9. The second-order valence-electron chi connectivity index (χ2n) is 7.52. The molecule has 0 bridgehead atoms. The molecule has 0 atom stereocenters. The lowest BCUT2D eigenvalue weighted by Gasteiger charge is -2.19. The van der Waals surface area contributed by atoms with Gasteiger partial charge in [0.1, 0.15) is 23.0 Å². The standard InChI is InChI=1S/C24H26N2O8S/c1-4-5-7-16-19(20-17(32-2)8-6-9-18(20)33-3)21(27)22(23(28)26-16)35(30,31)15-12-10-14(11-13-15)34-24(25)29/h6,8-13H,4-5,7H2,1-3H3,(H2,25,29)(H2,26,27,28). The van der Waals surface area contributed by atoms with Crippen molar-refractivity contribution in [2.24, 2.45) is 5.73 Å². The van der Waals surface area contributed by atoms with Crippen molar-refractivity contribution in [3.63, 3.8) is 0 Å². The van der Waals surface area contributed by atoms with Crippen molar-refractivity contribution >= 4 is 15.9 Å². The maximum Gasteiger partial charge on any atom is 0.409 e. The Morgan fingerprint density at radius 2 is 1.63 bits per heavy atom. The van der Waals surface area contributed by atoms with Gasteiger partial charge in [-0.15, -0.1) is 0 Å². The maximum absolute atomic E-state index is 13.5. The highest BCUT2D eigenvalue weighted by Crippen LogP contribution is 2.46. The molecule has 4 N–H and O–H groups in total. The molecule has 1 heterocycles. The number of H-pyrrole nitrogens is 1. The lowest BCUT2D eigenvalue weighted by molar-refractivity contribution is 0.211. The number of unbranched alkanes of at least 4 members (excludes halogenated alkanes) is 1. The molecule has 3 aromatic rings. The number of primary amides is 1. The minimum atomic E-state index is -4.50. The number of aromatic amines is 1. The lowest BCUT2D eigenvalue weighted by atomic mass is 9.98. The van der Waals surface area contributed by atoms with Crippen LogP contribution in [0.5, 0.6) is 23.0 Å². The average molecular weight is 503 g/mol. The number of hydrogen-bond acceptors (Lipinski definition) is 8. The number of ether oxygens (including phenoxy) is 3. The molecule has 1 aromatic heterocycles. The first-order chi connectivity index (χ1) is 16.6. The summed E-state index contributed by atoms with van der Waals surface area (Å²) in [7, 11) is -1.64. The summed E-state index contributed by atoms with van der Waals surface area (Å²) in [6, 6.07) is 9.66. The van der Waals surface area contributed by atoms with Crippen LogP contribution in [0.1, 0.15) is 25.5 Å². The Morgan fingerprint density at radius 3 is 2.14 bits per heavy atom. The van der Waals surface area contributed by atoms with Crippen LogP contribution in [-0.4, -0.2) is 38.8 Å². The highest BCUT2D eigenvalue weighted by molar-refractivity contribution is 7.91. The topological polar surface area (TPSA) is 158 Å². The number of carbonyl (C=O) groups is 1. The second kappa shape index (κ2) is 10.5. The molecule has 0 aliphatic rings. The van der Waals surface area contributed by atoms with E-state index in [0.29, 0.717) is 35.6 Å². The molecule has 0 saturated heterocycles. The molecule has 186 valence electrons. The Labute approximate surface area is 202 Å². The minimum Gasteiger partial charge on any atom is -0.506 e. The Bertz CT molecular complexity index is 1370. The molecular weight excluding hydrogens is 476 g/mol. The number of amides is 1. The number of carbonyl (C=O) groups excluding carboxylic acids is 1. The summed E-state index contributed by atoms with van der Waals surface area (Å²) in [6.45, 7) is 1.96. The van der Waals surface area contributed by atoms with E-state index >= 15 is 0 Å². The average Bonchev–Trinajstić information content (AvgIpc) is 2.82. The summed E-state index contributed by atoms with van der Waals surface area (Å²) in [6.07, 6.45) is 0.779. The van der Waals surface area contributed by atoms with Crippen LogP contribution in [0.25, 0.3) is 11.1 Å². The first-order valence-corrected chi connectivity index (χ1v) is 12.2. The fourth-order valence-electron chi connectivity index (χ4n) is 3.70. The van der Waals surface area contributed by atoms with Crippen LogP contribution in [-0.2, 0) is 16.3 Å². The number of nitrogens with one attached hydrogen (secondary N) is 1. The largest absolute Gasteiger partial charge is 0.506 e. The Kier molecular flexibility index (Phi) is 7.70. The van der Waals surface area contributed by atoms with Gasteiger partial charge in [0.2, 0.25) is 9.84 Å². The van der Waals surface area contributed by atoms with Crippen LogP contribution in [0.2, 0.25) is 0 Å². The number of sulfone groups is 1. The summed E-state index contributed by atoms with van der Waals surface area (Å²) in [5, 5.41) is 11.3. The smallest absolute Gasteiger partial charge is 0.409 e. The summed E-state index contributed by atoms with van der Waals surface area (Å²) in [4.78, 5) is 25.5. The highest BCUT2D eigenvalue weighted by atomic mass is 32.2. The number of methoxy groups -OCH3 is 2. The van der Waals surface area contributed by atoms with Gasteiger partial charge < -0.3 is 30.0 Å². The molecule has 3 rings (SSSR count). The van der Waals surface area contributed by atoms with Gasteiger partial charge in [0.25, 0.3) is 5.56 Å². The molecule has 0 aliphatic carbocycles. The Balaban J connectivity index is 2.31. The first-order valence-electron chi connectivity index (χ1n) is 10.7. The van der Waals surface area contributed by atoms with Gasteiger partial charge in [0.05, 0.1) is 30.2 Å². The number of aryl methyl sites for hydroxylation is 1. The van der Waals surface area contributed by atoms with Crippen LogP contribution in [0.15, 0.2) is 57.1 Å². The van der Waals surface area contributed by atoms with Gasteiger partial charge in [0.15, 0.2) is 4.90 Å². The molecule has 2 aromatic carbocycles. The van der Waals surface area contributed by atoms with E-state index in [1.54, 1.807) is 18.2 Å². The van der Waals surface area contributed by atoms with Gasteiger partial charge >= 0.3 is 6.09 Å². The second-order valence-corrected chi connectivity index (χ2v) is 9.41. The normalized spacial score (nSPS) is 11.2. The summed E-state index contributed by atoms with van der Waals surface area (Å²) >= 11 is 0. The molecule has 35 heavy (non-hydrogen) atoms. The first kappa shape index (κ1) is 25.6. The van der Waals surface area contributed by atoms with Gasteiger partial charge in [-0.2, -0.15) is 0 Å². The van der Waals surface area contributed by atoms with Crippen molar-refractivity contribution < 1.29 is 32.5 Å². The van der Waals surface area contributed by atoms with Gasteiger partial charge in [0, 0.05) is 5.69 Å². The molecule has 0 saturated carbocycles. The van der Waals surface area contributed by atoms with Gasteiger partial charge in [-0.3, -0.25) is 4.79 Å². The van der Waals surface area contributed by atoms with E-state index in [4.69, 9.17) is 19.9 Å². The van der Waals surface area contributed by atoms with E-state index in [2.05, 4.69) is 4.98 Å². The molecule has 0 fully saturated rings. The van der Waals surface area contributed by atoms with Crippen molar-refractivity contribution in [2.75, 3.05) is 14.2 Å². The van der Waals surface area contributed by atoms with E-state index in [-0.39, 0.29) is 16.2 Å². The maximum atomic E-state index is 13.5. The Morgan fingerprint density at radius 1 is 1.03 bits per heavy atom. The van der Waals surface area contributed by atoms with Crippen LogP contribution in [0.4, 0.5) is 4.79 Å². The predicted molar refractivity (Wildman–Crippen MR) is 128 cm³/mol. The zero-order valence-electron chi connectivity index (χ0n) is 19.5. The number of benzene rings is 2. The number of aromatic hydroxyl groups is 1. The van der Waals surface area contributed by atoms with E-state index < -0.39 is 32.1 Å². The third-order valence-corrected chi connectivity index (χ3v) is 7.11. The minimum absolute atomic E-state index is 0.0175. The molecule has 0 aliphatic heterocycles. The van der Waals surface area contributed by atoms with Crippen LogP contribution < -0.4 is 25.5 Å².